The molecule has 0 unspecified atom stereocenters. The molecule has 3 aliphatic carbocycles. The van der Waals surface area contributed by atoms with E-state index < -0.39 is 17.8 Å². The van der Waals surface area contributed by atoms with Crippen LogP contribution in [0, 0.1) is 11.3 Å². The first-order chi connectivity index (χ1) is 16.0. The van der Waals surface area contributed by atoms with Gasteiger partial charge in [-0.25, -0.2) is 0 Å². The topological polar surface area (TPSA) is 69.9 Å². The van der Waals surface area contributed by atoms with Gasteiger partial charge in [-0.15, -0.1) is 0 Å². The van der Waals surface area contributed by atoms with Gasteiger partial charge < -0.3 is 20.1 Å². The van der Waals surface area contributed by atoms with Gasteiger partial charge in [0.1, 0.15) is 0 Å². The third-order valence-electron chi connectivity index (χ3n) is 8.66. The summed E-state index contributed by atoms with van der Waals surface area (Å²) in [6.07, 6.45) is 16.1. The Morgan fingerprint density at radius 1 is 1.21 bits per heavy atom. The number of hydrogen-bond acceptors (Lipinski definition) is 4. The Hall–Kier alpha value is -1.46. The normalized spacial score (nSPS) is 33.1. The molecule has 3 aliphatic rings. The summed E-state index contributed by atoms with van der Waals surface area (Å²) < 4.78 is 6.38. The van der Waals surface area contributed by atoms with Gasteiger partial charge in [-0.1, -0.05) is 63.3 Å². The van der Waals surface area contributed by atoms with Crippen molar-refractivity contribution in [2.75, 3.05) is 6.61 Å². The minimum atomic E-state index is -0.746. The van der Waals surface area contributed by atoms with Crippen LogP contribution in [0.5, 0.6) is 0 Å². The second kappa shape index (κ2) is 10.7. The summed E-state index contributed by atoms with van der Waals surface area (Å²) >= 11 is 0. The molecule has 0 aliphatic heterocycles. The van der Waals surface area contributed by atoms with Crippen molar-refractivity contribution < 1.29 is 20.1 Å². The number of hydrogen-bond donors (Lipinski definition) is 3. The van der Waals surface area contributed by atoms with Crippen LogP contribution in [0.1, 0.15) is 86.0 Å². The largest absolute Gasteiger partial charge is 0.393 e. The molecule has 0 radical (unpaired) electrons. The first kappa shape index (κ1) is 27.1. The van der Waals surface area contributed by atoms with Gasteiger partial charge in [-0.05, 0) is 86.8 Å². The Morgan fingerprint density at radius 3 is 2.59 bits per heavy atom. The van der Waals surface area contributed by atoms with E-state index in [9.17, 15) is 15.3 Å². The molecule has 4 nitrogen and oxygen atoms in total. The molecule has 0 aromatic rings. The van der Waals surface area contributed by atoms with Crippen molar-refractivity contribution in [1.82, 2.24) is 0 Å². The van der Waals surface area contributed by atoms with E-state index in [4.69, 9.17) is 4.74 Å². The van der Waals surface area contributed by atoms with E-state index in [0.717, 1.165) is 36.8 Å². The molecule has 0 bridgehead atoms. The summed E-state index contributed by atoms with van der Waals surface area (Å²) in [6.45, 7) is 15.3. The summed E-state index contributed by atoms with van der Waals surface area (Å²) in [4.78, 5) is 0. The van der Waals surface area contributed by atoms with Gasteiger partial charge in [-0.2, -0.15) is 0 Å². The third-order valence-corrected chi connectivity index (χ3v) is 8.66. The molecule has 3 N–H and O–H groups in total. The highest BCUT2D eigenvalue weighted by Crippen LogP contribution is 2.57. The molecule has 0 aromatic carbocycles. The predicted octanol–water partition coefficient (Wildman–Crippen LogP) is 5.95. The zero-order valence-electron chi connectivity index (χ0n) is 21.9. The molecule has 3 rings (SSSR count). The van der Waals surface area contributed by atoms with Crippen LogP contribution in [0.2, 0.25) is 0 Å². The molecule has 2 fully saturated rings. The third kappa shape index (κ3) is 5.67. The molecular weight excluding hydrogens is 424 g/mol. The first-order valence-electron chi connectivity index (χ1n) is 13.2. The fourth-order valence-corrected chi connectivity index (χ4v) is 6.31. The Morgan fingerprint density at radius 2 is 1.91 bits per heavy atom. The van der Waals surface area contributed by atoms with Gasteiger partial charge >= 0.3 is 0 Å². The Bertz CT molecular complexity index is 870. The monoisotopic (exact) mass is 470 g/mol. The summed E-state index contributed by atoms with van der Waals surface area (Å²) in [7, 11) is 0. The van der Waals surface area contributed by atoms with Crippen LogP contribution in [0.4, 0.5) is 0 Å². The lowest BCUT2D eigenvalue weighted by Gasteiger charge is -2.45. The molecule has 0 spiro atoms. The van der Waals surface area contributed by atoms with Crippen LogP contribution >= 0.6 is 0 Å². The van der Waals surface area contributed by atoms with Crippen LogP contribution < -0.4 is 0 Å². The van der Waals surface area contributed by atoms with Gasteiger partial charge in [0.15, 0.2) is 0 Å². The van der Waals surface area contributed by atoms with Gasteiger partial charge in [0, 0.05) is 6.42 Å². The number of allylic oxidation sites excluding steroid dienone is 4. The van der Waals surface area contributed by atoms with Crippen LogP contribution in [-0.4, -0.2) is 45.3 Å². The molecule has 4 heteroatoms. The summed E-state index contributed by atoms with van der Waals surface area (Å²) in [5.41, 5.74) is 3.47. The maximum Gasteiger partial charge on any atom is 0.0845 e. The van der Waals surface area contributed by atoms with E-state index in [-0.39, 0.29) is 11.0 Å². The van der Waals surface area contributed by atoms with E-state index in [2.05, 4.69) is 45.6 Å². The van der Waals surface area contributed by atoms with Crippen LogP contribution in [0.3, 0.4) is 0 Å². The lowest BCUT2D eigenvalue weighted by atomic mass is 9.62. The minimum Gasteiger partial charge on any atom is -0.393 e. The van der Waals surface area contributed by atoms with Gasteiger partial charge in [0.2, 0.25) is 0 Å². The van der Waals surface area contributed by atoms with Crippen molar-refractivity contribution in [2.45, 2.75) is 109 Å². The second-order valence-electron chi connectivity index (χ2n) is 11.3. The molecule has 0 heterocycles. The Labute approximate surface area is 206 Å². The quantitative estimate of drug-likeness (QED) is 0.383. The molecule has 0 amide bonds. The van der Waals surface area contributed by atoms with Crippen molar-refractivity contribution in [3.05, 3.63) is 59.3 Å². The summed E-state index contributed by atoms with van der Waals surface area (Å²) in [6, 6.07) is 0. The smallest absolute Gasteiger partial charge is 0.0845 e. The molecule has 4 atom stereocenters. The highest BCUT2D eigenvalue weighted by molar-refractivity contribution is 5.41. The van der Waals surface area contributed by atoms with E-state index in [0.29, 0.717) is 38.2 Å². The van der Waals surface area contributed by atoms with E-state index in [1.165, 1.54) is 11.1 Å². The number of aliphatic hydroxyl groups is 3. The molecule has 190 valence electrons. The fourth-order valence-electron chi connectivity index (χ4n) is 6.31. The second-order valence-corrected chi connectivity index (χ2v) is 11.3. The number of aliphatic hydroxyl groups excluding tert-OH is 2. The average Bonchev–Trinajstić information content (AvgIpc) is 3.16. The summed E-state index contributed by atoms with van der Waals surface area (Å²) in [5, 5.41) is 30.7. The highest BCUT2D eigenvalue weighted by Gasteiger charge is 2.49. The maximum atomic E-state index is 10.5. The van der Waals surface area contributed by atoms with Crippen molar-refractivity contribution in [3.63, 3.8) is 0 Å². The van der Waals surface area contributed by atoms with Crippen molar-refractivity contribution in [3.8, 4) is 0 Å². The van der Waals surface area contributed by atoms with Crippen molar-refractivity contribution in [1.29, 1.82) is 0 Å². The van der Waals surface area contributed by atoms with E-state index in [1.807, 2.05) is 26.0 Å². The maximum absolute atomic E-state index is 10.5. The Kier molecular flexibility index (Phi) is 8.50. The standard InChI is InChI=1S/C30H46O4/c1-7-30(33,8-2)17-10-18-34-28(4,5)27-15-14-25-22(11-9-16-29(25,27)6)12-13-23-19-24(31)20-26(32)21(23)3/h10,12-13,15,17,24-26,31-33H,3,7-9,11,14,16,18-20H2,1-2,4-6H3/b17-10-,22-12?,23-13?/t24-,25+,26+,29+/m1/s1. The van der Waals surface area contributed by atoms with Crippen LogP contribution in [-0.2, 0) is 4.74 Å². The molecule has 2 saturated carbocycles. The molecular formula is C30H46O4. The van der Waals surface area contributed by atoms with Crippen molar-refractivity contribution >= 4 is 0 Å². The molecule has 0 aromatic heterocycles. The van der Waals surface area contributed by atoms with E-state index >= 15 is 0 Å². The van der Waals surface area contributed by atoms with Gasteiger partial charge in [0.25, 0.3) is 0 Å². The highest BCUT2D eigenvalue weighted by atomic mass is 16.5. The zero-order chi connectivity index (χ0) is 25.1. The average molecular weight is 471 g/mol. The SMILES string of the molecule is C=C1C(=CC=C2CCC[C@]3(C)C(C(C)(C)OC/C=C\C(O)(CC)CC)=CC[C@@H]23)C[C@@H](O)C[C@@H]1O. The number of fused-ring (bicyclic) bond motifs is 1. The Balaban J connectivity index is 1.73. The van der Waals surface area contributed by atoms with Crippen molar-refractivity contribution in [2.24, 2.45) is 11.3 Å². The lowest BCUT2D eigenvalue weighted by Crippen LogP contribution is -2.40. The van der Waals surface area contributed by atoms with E-state index in [1.54, 1.807) is 0 Å². The zero-order valence-corrected chi connectivity index (χ0v) is 21.9. The lowest BCUT2D eigenvalue weighted by molar-refractivity contribution is 0.00660. The van der Waals surface area contributed by atoms with Crippen LogP contribution in [0.15, 0.2) is 59.3 Å². The first-order valence-corrected chi connectivity index (χ1v) is 13.2. The predicted molar refractivity (Wildman–Crippen MR) is 139 cm³/mol. The summed E-state index contributed by atoms with van der Waals surface area (Å²) in [5.74, 6) is 0.448. The van der Waals surface area contributed by atoms with Gasteiger partial charge in [-0.3, -0.25) is 0 Å². The number of rotatable bonds is 8. The fraction of sp³-hybridized carbons (Fsp3) is 0.667. The van der Waals surface area contributed by atoms with Gasteiger partial charge in [0.05, 0.1) is 30.0 Å². The molecule has 34 heavy (non-hydrogen) atoms. The minimum absolute atomic E-state index is 0.0615. The molecule has 0 saturated heterocycles. The van der Waals surface area contributed by atoms with Crippen LogP contribution in [0.25, 0.3) is 0 Å². The number of ether oxygens (including phenoxy) is 1.